The Kier molecular flexibility index (Phi) is 6.53. The first-order valence-corrected chi connectivity index (χ1v) is 8.65. The summed E-state index contributed by atoms with van der Waals surface area (Å²) in [6.07, 6.45) is 7.37. The van der Waals surface area contributed by atoms with Crippen molar-refractivity contribution >= 4 is 15.9 Å². The number of unbranched alkanes of at least 4 members (excludes halogenated alkanes) is 3. The molecule has 0 saturated carbocycles. The lowest BCUT2D eigenvalue weighted by atomic mass is 9.82. The predicted molar refractivity (Wildman–Crippen MR) is 88.0 cm³/mol. The lowest BCUT2D eigenvalue weighted by molar-refractivity contribution is 0.0365. The summed E-state index contributed by atoms with van der Waals surface area (Å²) in [4.78, 5) is 0. The standard InChI is InChI=1S/C17H26BrNO/c1-2-3-4-5-11-19-17(9-12-20-13-10-17)15-7-6-8-16(18)14-15/h6-8,14,19H,2-5,9-13H2,1H3. The molecule has 3 heteroatoms. The third kappa shape index (κ3) is 4.31. The van der Waals surface area contributed by atoms with Gasteiger partial charge in [-0.05, 0) is 43.5 Å². The fourth-order valence-electron chi connectivity index (χ4n) is 2.95. The van der Waals surface area contributed by atoms with Gasteiger partial charge in [-0.3, -0.25) is 0 Å². The zero-order valence-corrected chi connectivity index (χ0v) is 14.0. The Balaban J connectivity index is 2.01. The summed E-state index contributed by atoms with van der Waals surface area (Å²) in [5.74, 6) is 0. The van der Waals surface area contributed by atoms with Crippen LogP contribution in [-0.4, -0.2) is 19.8 Å². The molecule has 0 unspecified atom stereocenters. The van der Waals surface area contributed by atoms with E-state index in [9.17, 15) is 0 Å². The molecule has 0 amide bonds. The van der Waals surface area contributed by atoms with Crippen LogP contribution in [0.3, 0.4) is 0 Å². The highest BCUT2D eigenvalue weighted by atomic mass is 79.9. The van der Waals surface area contributed by atoms with E-state index in [1.54, 1.807) is 0 Å². The predicted octanol–water partition coefficient (Wildman–Crippen LogP) is 4.62. The molecule has 0 aromatic heterocycles. The van der Waals surface area contributed by atoms with E-state index in [2.05, 4.69) is 52.4 Å². The molecular formula is C17H26BrNO. The average molecular weight is 340 g/mol. The first-order valence-electron chi connectivity index (χ1n) is 7.86. The van der Waals surface area contributed by atoms with Gasteiger partial charge in [-0.2, -0.15) is 0 Å². The third-order valence-corrected chi connectivity index (χ3v) is 4.71. The van der Waals surface area contributed by atoms with E-state index in [0.717, 1.165) is 37.1 Å². The van der Waals surface area contributed by atoms with E-state index in [1.165, 1.54) is 31.2 Å². The maximum atomic E-state index is 5.57. The quantitative estimate of drug-likeness (QED) is 0.731. The van der Waals surface area contributed by atoms with Gasteiger partial charge < -0.3 is 10.1 Å². The molecule has 1 aromatic rings. The minimum absolute atomic E-state index is 0.105. The molecule has 1 heterocycles. The van der Waals surface area contributed by atoms with Crippen molar-refractivity contribution in [1.82, 2.24) is 5.32 Å². The molecule has 2 rings (SSSR count). The van der Waals surface area contributed by atoms with Crippen LogP contribution < -0.4 is 5.32 Å². The van der Waals surface area contributed by atoms with Gasteiger partial charge in [-0.25, -0.2) is 0 Å². The molecule has 1 aromatic carbocycles. The van der Waals surface area contributed by atoms with Gasteiger partial charge in [-0.15, -0.1) is 0 Å². The average Bonchev–Trinajstić information content (AvgIpc) is 2.48. The van der Waals surface area contributed by atoms with Crippen LogP contribution in [0.1, 0.15) is 51.0 Å². The summed E-state index contributed by atoms with van der Waals surface area (Å²) in [5, 5.41) is 3.84. The van der Waals surface area contributed by atoms with E-state index >= 15 is 0 Å². The summed E-state index contributed by atoms with van der Waals surface area (Å²) < 4.78 is 6.73. The molecule has 112 valence electrons. The van der Waals surface area contributed by atoms with E-state index in [0.29, 0.717) is 0 Å². The fourth-order valence-corrected chi connectivity index (χ4v) is 3.35. The van der Waals surface area contributed by atoms with Crippen molar-refractivity contribution < 1.29 is 4.74 Å². The second kappa shape index (κ2) is 8.16. The number of hydrogen-bond acceptors (Lipinski definition) is 2. The molecule has 1 fully saturated rings. The van der Waals surface area contributed by atoms with Gasteiger partial charge in [0.15, 0.2) is 0 Å². The summed E-state index contributed by atoms with van der Waals surface area (Å²) >= 11 is 3.60. The van der Waals surface area contributed by atoms with Crippen molar-refractivity contribution in [3.05, 3.63) is 34.3 Å². The molecule has 0 atom stereocenters. The normalized spacial score (nSPS) is 18.1. The zero-order valence-electron chi connectivity index (χ0n) is 12.5. The van der Waals surface area contributed by atoms with Crippen LogP contribution in [0.2, 0.25) is 0 Å². The smallest absolute Gasteiger partial charge is 0.0486 e. The summed E-state index contributed by atoms with van der Waals surface area (Å²) in [6.45, 7) is 5.07. The first kappa shape index (κ1) is 16.0. The maximum Gasteiger partial charge on any atom is 0.0486 e. The second-order valence-corrected chi connectivity index (χ2v) is 6.61. The van der Waals surface area contributed by atoms with E-state index in [4.69, 9.17) is 4.74 Å². The highest BCUT2D eigenvalue weighted by Gasteiger charge is 2.33. The van der Waals surface area contributed by atoms with Gasteiger partial charge in [0, 0.05) is 23.2 Å². The van der Waals surface area contributed by atoms with Gasteiger partial charge in [-0.1, -0.05) is 54.2 Å². The number of halogens is 1. The van der Waals surface area contributed by atoms with Crippen molar-refractivity contribution in [2.75, 3.05) is 19.8 Å². The topological polar surface area (TPSA) is 21.3 Å². The van der Waals surface area contributed by atoms with Crippen LogP contribution in [-0.2, 0) is 10.3 Å². The minimum atomic E-state index is 0.105. The molecule has 0 aliphatic carbocycles. The van der Waals surface area contributed by atoms with Crippen LogP contribution in [0.4, 0.5) is 0 Å². The number of benzene rings is 1. The van der Waals surface area contributed by atoms with Crippen LogP contribution in [0.25, 0.3) is 0 Å². The molecule has 1 saturated heterocycles. The van der Waals surface area contributed by atoms with Crippen LogP contribution in [0, 0.1) is 0 Å². The summed E-state index contributed by atoms with van der Waals surface area (Å²) in [7, 11) is 0. The maximum absolute atomic E-state index is 5.57. The number of ether oxygens (including phenoxy) is 1. The summed E-state index contributed by atoms with van der Waals surface area (Å²) in [6, 6.07) is 8.73. The van der Waals surface area contributed by atoms with Gasteiger partial charge in [0.2, 0.25) is 0 Å². The highest BCUT2D eigenvalue weighted by molar-refractivity contribution is 9.10. The number of hydrogen-bond donors (Lipinski definition) is 1. The van der Waals surface area contributed by atoms with Crippen LogP contribution in [0.15, 0.2) is 28.7 Å². The minimum Gasteiger partial charge on any atom is -0.381 e. The highest BCUT2D eigenvalue weighted by Crippen LogP contribution is 2.33. The van der Waals surface area contributed by atoms with E-state index in [-0.39, 0.29) is 5.54 Å². The molecule has 0 radical (unpaired) electrons. The monoisotopic (exact) mass is 339 g/mol. The van der Waals surface area contributed by atoms with Crippen molar-refractivity contribution in [2.24, 2.45) is 0 Å². The largest absolute Gasteiger partial charge is 0.381 e. The Morgan fingerprint density at radius 2 is 2.00 bits per heavy atom. The van der Waals surface area contributed by atoms with Gasteiger partial charge >= 0.3 is 0 Å². The lowest BCUT2D eigenvalue weighted by Crippen LogP contribution is -2.47. The molecule has 2 nitrogen and oxygen atoms in total. The molecule has 0 bridgehead atoms. The van der Waals surface area contributed by atoms with E-state index < -0.39 is 0 Å². The van der Waals surface area contributed by atoms with Crippen molar-refractivity contribution in [3.63, 3.8) is 0 Å². The molecule has 1 aliphatic heterocycles. The number of nitrogens with one attached hydrogen (secondary N) is 1. The second-order valence-electron chi connectivity index (χ2n) is 5.69. The molecule has 20 heavy (non-hydrogen) atoms. The number of rotatable bonds is 7. The molecule has 1 N–H and O–H groups in total. The Bertz CT molecular complexity index is 402. The van der Waals surface area contributed by atoms with Gasteiger partial charge in [0.25, 0.3) is 0 Å². The SMILES string of the molecule is CCCCCCNC1(c2cccc(Br)c2)CCOCC1. The molecule has 1 aliphatic rings. The fraction of sp³-hybridized carbons (Fsp3) is 0.647. The van der Waals surface area contributed by atoms with Crippen molar-refractivity contribution in [1.29, 1.82) is 0 Å². The van der Waals surface area contributed by atoms with Crippen molar-refractivity contribution in [2.45, 2.75) is 51.0 Å². The first-order chi connectivity index (χ1) is 9.77. The molecule has 0 spiro atoms. The molecular weight excluding hydrogens is 314 g/mol. The Hall–Kier alpha value is -0.380. The third-order valence-electron chi connectivity index (χ3n) is 4.22. The van der Waals surface area contributed by atoms with Gasteiger partial charge in [0.1, 0.15) is 0 Å². The van der Waals surface area contributed by atoms with Gasteiger partial charge in [0.05, 0.1) is 0 Å². The van der Waals surface area contributed by atoms with Crippen LogP contribution in [0.5, 0.6) is 0 Å². The zero-order chi connectivity index (χ0) is 14.3. The van der Waals surface area contributed by atoms with Crippen LogP contribution >= 0.6 is 15.9 Å². The Labute approximate surface area is 131 Å². The summed E-state index contributed by atoms with van der Waals surface area (Å²) in [5.41, 5.74) is 1.50. The Morgan fingerprint density at radius 3 is 2.70 bits per heavy atom. The van der Waals surface area contributed by atoms with E-state index in [1.807, 2.05) is 0 Å². The lowest BCUT2D eigenvalue weighted by Gasteiger charge is -2.39. The van der Waals surface area contributed by atoms with Crippen molar-refractivity contribution in [3.8, 4) is 0 Å². The Morgan fingerprint density at radius 1 is 1.20 bits per heavy atom.